The van der Waals surface area contributed by atoms with Crippen LogP contribution in [0, 0.1) is 0 Å². The van der Waals surface area contributed by atoms with E-state index in [9.17, 15) is 9.90 Å². The standard InChI is InChI=1S/C19H23NO3/c1-13(2)14-8-10-16(11-9-14)23-12-15-6-4-5-7-17(15)19(3,22)18(20)21/h4-11,13,22H,12H2,1-3H3,(H2,20,21). The molecule has 1 amide bonds. The first-order chi connectivity index (χ1) is 10.8. The number of primary amides is 1. The second-order valence-corrected chi connectivity index (χ2v) is 6.11. The summed E-state index contributed by atoms with van der Waals surface area (Å²) in [6.45, 7) is 5.92. The van der Waals surface area contributed by atoms with Gasteiger partial charge in [0.05, 0.1) is 0 Å². The lowest BCUT2D eigenvalue weighted by Crippen LogP contribution is -2.39. The summed E-state index contributed by atoms with van der Waals surface area (Å²) < 4.78 is 5.78. The fourth-order valence-electron chi connectivity index (χ4n) is 2.36. The molecule has 0 aliphatic rings. The predicted octanol–water partition coefficient (Wildman–Crippen LogP) is 3.08. The minimum atomic E-state index is -1.72. The summed E-state index contributed by atoms with van der Waals surface area (Å²) in [7, 11) is 0. The Morgan fingerprint density at radius 3 is 2.35 bits per heavy atom. The van der Waals surface area contributed by atoms with Crippen molar-refractivity contribution in [3.8, 4) is 5.75 Å². The van der Waals surface area contributed by atoms with Crippen LogP contribution in [0.25, 0.3) is 0 Å². The van der Waals surface area contributed by atoms with Crippen molar-refractivity contribution in [1.82, 2.24) is 0 Å². The zero-order valence-electron chi connectivity index (χ0n) is 13.7. The van der Waals surface area contributed by atoms with E-state index in [0.717, 1.165) is 11.3 Å². The molecule has 0 saturated heterocycles. The van der Waals surface area contributed by atoms with E-state index in [-0.39, 0.29) is 6.61 Å². The van der Waals surface area contributed by atoms with E-state index in [2.05, 4.69) is 13.8 Å². The Morgan fingerprint density at radius 2 is 1.78 bits per heavy atom. The third-order valence-electron chi connectivity index (χ3n) is 3.96. The molecular formula is C19H23NO3. The lowest BCUT2D eigenvalue weighted by Gasteiger charge is -2.23. The molecule has 2 aromatic carbocycles. The second kappa shape index (κ2) is 6.84. The summed E-state index contributed by atoms with van der Waals surface area (Å²) in [6, 6.07) is 15.0. The Kier molecular flexibility index (Phi) is 5.06. The minimum absolute atomic E-state index is 0.251. The molecule has 0 spiro atoms. The molecule has 0 aliphatic carbocycles. The SMILES string of the molecule is CC(C)c1ccc(OCc2ccccc2C(C)(O)C(N)=O)cc1. The van der Waals surface area contributed by atoms with Crippen LogP contribution in [0.4, 0.5) is 0 Å². The summed E-state index contributed by atoms with van der Waals surface area (Å²) in [5.41, 5.74) is 6.01. The smallest absolute Gasteiger partial charge is 0.253 e. The molecule has 0 saturated carbocycles. The zero-order valence-corrected chi connectivity index (χ0v) is 13.7. The number of carbonyl (C=O) groups is 1. The third kappa shape index (κ3) is 3.90. The van der Waals surface area contributed by atoms with Crippen molar-refractivity contribution in [1.29, 1.82) is 0 Å². The van der Waals surface area contributed by atoms with Crippen molar-refractivity contribution in [3.63, 3.8) is 0 Å². The number of amides is 1. The van der Waals surface area contributed by atoms with Crippen LogP contribution < -0.4 is 10.5 Å². The van der Waals surface area contributed by atoms with Gasteiger partial charge in [0, 0.05) is 0 Å². The van der Waals surface area contributed by atoms with Gasteiger partial charge >= 0.3 is 0 Å². The molecule has 4 nitrogen and oxygen atoms in total. The van der Waals surface area contributed by atoms with Crippen molar-refractivity contribution < 1.29 is 14.6 Å². The van der Waals surface area contributed by atoms with E-state index in [0.29, 0.717) is 11.5 Å². The van der Waals surface area contributed by atoms with Gasteiger partial charge in [-0.3, -0.25) is 4.79 Å². The van der Waals surface area contributed by atoms with Gasteiger partial charge in [0.15, 0.2) is 5.60 Å². The molecule has 122 valence electrons. The van der Waals surface area contributed by atoms with Crippen LogP contribution in [-0.2, 0) is 17.0 Å². The van der Waals surface area contributed by atoms with Crippen LogP contribution in [0.1, 0.15) is 43.4 Å². The van der Waals surface area contributed by atoms with E-state index in [1.807, 2.05) is 36.4 Å². The van der Waals surface area contributed by atoms with Crippen LogP contribution in [0.5, 0.6) is 5.75 Å². The van der Waals surface area contributed by atoms with Crippen molar-refractivity contribution in [3.05, 3.63) is 65.2 Å². The summed E-state index contributed by atoms with van der Waals surface area (Å²) in [5, 5.41) is 10.3. The number of aliphatic hydroxyl groups is 1. The number of hydrogen-bond donors (Lipinski definition) is 2. The second-order valence-electron chi connectivity index (χ2n) is 6.11. The predicted molar refractivity (Wildman–Crippen MR) is 90.1 cm³/mol. The molecule has 0 bridgehead atoms. The normalized spacial score (nSPS) is 13.6. The topological polar surface area (TPSA) is 72.6 Å². The number of hydrogen-bond acceptors (Lipinski definition) is 3. The Hall–Kier alpha value is -2.33. The van der Waals surface area contributed by atoms with Gasteiger partial charge < -0.3 is 15.6 Å². The van der Waals surface area contributed by atoms with E-state index in [1.165, 1.54) is 12.5 Å². The van der Waals surface area contributed by atoms with Gasteiger partial charge in [0.1, 0.15) is 12.4 Å². The summed E-state index contributed by atoms with van der Waals surface area (Å²) in [5.74, 6) is 0.421. The minimum Gasteiger partial charge on any atom is -0.489 e. The molecule has 4 heteroatoms. The largest absolute Gasteiger partial charge is 0.489 e. The van der Waals surface area contributed by atoms with Crippen molar-refractivity contribution in [2.75, 3.05) is 0 Å². The van der Waals surface area contributed by atoms with Crippen LogP contribution in [-0.4, -0.2) is 11.0 Å². The molecule has 0 heterocycles. The van der Waals surface area contributed by atoms with Gasteiger partial charge in [-0.15, -0.1) is 0 Å². The highest BCUT2D eigenvalue weighted by Crippen LogP contribution is 2.26. The maximum Gasteiger partial charge on any atom is 0.253 e. The first-order valence-corrected chi connectivity index (χ1v) is 7.65. The number of ether oxygens (including phenoxy) is 1. The molecule has 23 heavy (non-hydrogen) atoms. The van der Waals surface area contributed by atoms with Crippen molar-refractivity contribution >= 4 is 5.91 Å². The number of nitrogens with two attached hydrogens (primary N) is 1. The zero-order chi connectivity index (χ0) is 17.0. The molecule has 0 radical (unpaired) electrons. The van der Waals surface area contributed by atoms with Crippen LogP contribution >= 0.6 is 0 Å². The quantitative estimate of drug-likeness (QED) is 0.861. The Balaban J connectivity index is 2.17. The molecular weight excluding hydrogens is 290 g/mol. The summed E-state index contributed by atoms with van der Waals surface area (Å²) >= 11 is 0. The molecule has 1 atom stereocenters. The average Bonchev–Trinajstić information content (AvgIpc) is 2.53. The third-order valence-corrected chi connectivity index (χ3v) is 3.96. The van der Waals surface area contributed by atoms with E-state index in [4.69, 9.17) is 10.5 Å². The molecule has 3 N–H and O–H groups in total. The number of rotatable bonds is 6. The average molecular weight is 313 g/mol. The first kappa shape index (κ1) is 17.0. The van der Waals surface area contributed by atoms with E-state index >= 15 is 0 Å². The fourth-order valence-corrected chi connectivity index (χ4v) is 2.36. The molecule has 2 rings (SSSR count). The highest BCUT2D eigenvalue weighted by atomic mass is 16.5. The monoisotopic (exact) mass is 313 g/mol. The maximum absolute atomic E-state index is 11.5. The molecule has 0 fully saturated rings. The van der Waals surface area contributed by atoms with E-state index in [1.54, 1.807) is 12.1 Å². The van der Waals surface area contributed by atoms with Gasteiger partial charge in [-0.1, -0.05) is 50.2 Å². The van der Waals surface area contributed by atoms with Crippen molar-refractivity contribution in [2.24, 2.45) is 5.73 Å². The van der Waals surface area contributed by atoms with Crippen LogP contribution in [0.15, 0.2) is 48.5 Å². The molecule has 2 aromatic rings. The van der Waals surface area contributed by atoms with Gasteiger partial charge in [0.2, 0.25) is 0 Å². The molecule has 1 unspecified atom stereocenters. The maximum atomic E-state index is 11.5. The van der Waals surface area contributed by atoms with Crippen LogP contribution in [0.3, 0.4) is 0 Å². The number of benzene rings is 2. The molecule has 0 aromatic heterocycles. The summed E-state index contributed by atoms with van der Waals surface area (Å²) in [6.07, 6.45) is 0. The first-order valence-electron chi connectivity index (χ1n) is 7.65. The Bertz CT molecular complexity index is 675. The van der Waals surface area contributed by atoms with Gasteiger partial charge in [-0.05, 0) is 41.7 Å². The Labute approximate surface area is 136 Å². The van der Waals surface area contributed by atoms with Gasteiger partial charge in [0.25, 0.3) is 5.91 Å². The van der Waals surface area contributed by atoms with Crippen LogP contribution in [0.2, 0.25) is 0 Å². The number of carbonyl (C=O) groups excluding carboxylic acids is 1. The lowest BCUT2D eigenvalue weighted by atomic mass is 9.91. The van der Waals surface area contributed by atoms with Crippen molar-refractivity contribution in [2.45, 2.75) is 38.9 Å². The fraction of sp³-hybridized carbons (Fsp3) is 0.316. The molecule has 0 aliphatic heterocycles. The van der Waals surface area contributed by atoms with E-state index < -0.39 is 11.5 Å². The van der Waals surface area contributed by atoms with Gasteiger partial charge in [-0.2, -0.15) is 0 Å². The highest BCUT2D eigenvalue weighted by Gasteiger charge is 2.32. The summed E-state index contributed by atoms with van der Waals surface area (Å²) in [4.78, 5) is 11.5. The van der Waals surface area contributed by atoms with Gasteiger partial charge in [-0.25, -0.2) is 0 Å². The Morgan fingerprint density at radius 1 is 1.17 bits per heavy atom. The highest BCUT2D eigenvalue weighted by molar-refractivity contribution is 5.84. The lowest BCUT2D eigenvalue weighted by molar-refractivity contribution is -0.135.